The highest BCUT2D eigenvalue weighted by atomic mass is 16.3. The molecule has 0 bridgehead atoms. The van der Waals surface area contributed by atoms with Crippen LogP contribution in [0.15, 0.2) is 0 Å². The molecule has 1 atom stereocenters. The van der Waals surface area contributed by atoms with Crippen molar-refractivity contribution in [3.63, 3.8) is 0 Å². The monoisotopic (exact) mass is 240 g/mol. The molecule has 17 heavy (non-hydrogen) atoms. The van der Waals surface area contributed by atoms with Gasteiger partial charge in [0.2, 0.25) is 11.8 Å². The van der Waals surface area contributed by atoms with Crippen molar-refractivity contribution in [2.75, 3.05) is 26.2 Å². The van der Waals surface area contributed by atoms with Gasteiger partial charge in [-0.2, -0.15) is 0 Å². The molecule has 5 heteroatoms. The predicted molar refractivity (Wildman–Crippen MR) is 62.3 cm³/mol. The van der Waals surface area contributed by atoms with Gasteiger partial charge in [-0.1, -0.05) is 0 Å². The summed E-state index contributed by atoms with van der Waals surface area (Å²) >= 11 is 0. The molecular formula is C12H20N2O3. The van der Waals surface area contributed by atoms with Crippen molar-refractivity contribution in [2.24, 2.45) is 0 Å². The molecule has 0 aliphatic carbocycles. The van der Waals surface area contributed by atoms with E-state index in [2.05, 4.69) is 0 Å². The molecule has 2 aliphatic heterocycles. The average molecular weight is 240 g/mol. The zero-order chi connectivity index (χ0) is 12.3. The van der Waals surface area contributed by atoms with Gasteiger partial charge in [0, 0.05) is 26.1 Å². The summed E-state index contributed by atoms with van der Waals surface area (Å²) in [5, 5.41) is 9.51. The van der Waals surface area contributed by atoms with E-state index in [0.29, 0.717) is 26.1 Å². The van der Waals surface area contributed by atoms with Gasteiger partial charge in [-0.15, -0.1) is 0 Å². The van der Waals surface area contributed by atoms with Gasteiger partial charge in [0.1, 0.15) is 0 Å². The van der Waals surface area contributed by atoms with Crippen LogP contribution in [0.25, 0.3) is 0 Å². The highest BCUT2D eigenvalue weighted by Crippen LogP contribution is 2.13. The van der Waals surface area contributed by atoms with Crippen LogP contribution in [0.2, 0.25) is 0 Å². The van der Waals surface area contributed by atoms with Gasteiger partial charge in [0.05, 0.1) is 12.6 Å². The molecular weight excluding hydrogens is 220 g/mol. The summed E-state index contributed by atoms with van der Waals surface area (Å²) in [6.45, 7) is 2.01. The normalized spacial score (nSPS) is 26.2. The molecule has 1 N–H and O–H groups in total. The SMILES string of the molecule is O=C1CCCCN1CC(=O)N1CCCC(O)C1. The Hall–Kier alpha value is -1.10. The van der Waals surface area contributed by atoms with Crippen molar-refractivity contribution < 1.29 is 14.7 Å². The Morgan fingerprint density at radius 2 is 2.12 bits per heavy atom. The number of β-amino-alcohol motifs (C(OH)–C–C–N with tert-alkyl or cyclic N) is 1. The quantitative estimate of drug-likeness (QED) is 0.738. The van der Waals surface area contributed by atoms with Gasteiger partial charge in [0.25, 0.3) is 0 Å². The molecule has 0 saturated carbocycles. The first kappa shape index (κ1) is 12.4. The van der Waals surface area contributed by atoms with Crippen LogP contribution in [-0.2, 0) is 9.59 Å². The number of aliphatic hydroxyl groups excluding tert-OH is 1. The van der Waals surface area contributed by atoms with Crippen LogP contribution < -0.4 is 0 Å². The highest BCUT2D eigenvalue weighted by Gasteiger charge is 2.26. The maximum absolute atomic E-state index is 12.0. The Morgan fingerprint density at radius 3 is 2.82 bits per heavy atom. The van der Waals surface area contributed by atoms with Gasteiger partial charge >= 0.3 is 0 Å². The fourth-order valence-corrected chi connectivity index (χ4v) is 2.47. The van der Waals surface area contributed by atoms with E-state index in [-0.39, 0.29) is 18.4 Å². The van der Waals surface area contributed by atoms with Crippen LogP contribution in [0.4, 0.5) is 0 Å². The van der Waals surface area contributed by atoms with Crippen LogP contribution in [0.3, 0.4) is 0 Å². The minimum absolute atomic E-state index is 0.0287. The van der Waals surface area contributed by atoms with Gasteiger partial charge in [0.15, 0.2) is 0 Å². The van der Waals surface area contributed by atoms with E-state index in [0.717, 1.165) is 25.7 Å². The molecule has 2 amide bonds. The van der Waals surface area contributed by atoms with E-state index in [1.54, 1.807) is 9.80 Å². The van der Waals surface area contributed by atoms with E-state index >= 15 is 0 Å². The smallest absolute Gasteiger partial charge is 0.242 e. The topological polar surface area (TPSA) is 60.9 Å². The molecule has 5 nitrogen and oxygen atoms in total. The minimum atomic E-state index is -0.398. The Bertz CT molecular complexity index is 306. The molecule has 2 fully saturated rings. The highest BCUT2D eigenvalue weighted by molar-refractivity contribution is 5.85. The lowest BCUT2D eigenvalue weighted by atomic mass is 10.1. The Morgan fingerprint density at radius 1 is 1.29 bits per heavy atom. The van der Waals surface area contributed by atoms with E-state index < -0.39 is 6.10 Å². The molecule has 0 radical (unpaired) electrons. The first-order valence-electron chi connectivity index (χ1n) is 6.40. The Labute approximate surface area is 101 Å². The zero-order valence-corrected chi connectivity index (χ0v) is 10.1. The summed E-state index contributed by atoms with van der Waals surface area (Å²) in [6.07, 6.45) is 3.71. The molecule has 0 aromatic heterocycles. The molecule has 2 aliphatic rings. The van der Waals surface area contributed by atoms with Crippen LogP contribution in [0, 0.1) is 0 Å². The molecule has 0 spiro atoms. The summed E-state index contributed by atoms with van der Waals surface area (Å²) in [4.78, 5) is 26.9. The van der Waals surface area contributed by atoms with Crippen molar-refractivity contribution in [3.8, 4) is 0 Å². The van der Waals surface area contributed by atoms with E-state index in [4.69, 9.17) is 0 Å². The number of carbonyl (C=O) groups is 2. The van der Waals surface area contributed by atoms with Crippen LogP contribution in [0.1, 0.15) is 32.1 Å². The number of aliphatic hydroxyl groups is 1. The number of amides is 2. The van der Waals surface area contributed by atoms with Crippen molar-refractivity contribution in [2.45, 2.75) is 38.2 Å². The lowest BCUT2D eigenvalue weighted by Gasteiger charge is -2.33. The molecule has 0 aromatic rings. The number of hydrogen-bond acceptors (Lipinski definition) is 3. The molecule has 1 unspecified atom stereocenters. The largest absolute Gasteiger partial charge is 0.391 e. The number of nitrogens with zero attached hydrogens (tertiary/aromatic N) is 2. The second kappa shape index (κ2) is 5.49. The summed E-state index contributed by atoms with van der Waals surface area (Å²) in [5.74, 6) is 0.0566. The van der Waals surface area contributed by atoms with Crippen LogP contribution in [-0.4, -0.2) is 59.0 Å². The predicted octanol–water partition coefficient (Wildman–Crippen LogP) is -0.0178. The first-order chi connectivity index (χ1) is 8.16. The van der Waals surface area contributed by atoms with Gasteiger partial charge in [-0.05, 0) is 25.7 Å². The number of rotatable bonds is 2. The van der Waals surface area contributed by atoms with Crippen LogP contribution >= 0.6 is 0 Å². The third kappa shape index (κ3) is 3.19. The Kier molecular flexibility index (Phi) is 3.99. The third-order valence-corrected chi connectivity index (χ3v) is 3.50. The maximum atomic E-state index is 12.0. The van der Waals surface area contributed by atoms with Crippen molar-refractivity contribution in [1.29, 1.82) is 0 Å². The average Bonchev–Trinajstić information content (AvgIpc) is 2.32. The molecule has 2 rings (SSSR count). The standard InChI is InChI=1S/C12H20N2O3/c15-10-4-3-7-13(8-10)12(17)9-14-6-2-1-5-11(14)16/h10,15H,1-9H2. The number of likely N-dealkylation sites (tertiary alicyclic amines) is 2. The Balaban J connectivity index is 1.85. The lowest BCUT2D eigenvalue weighted by Crippen LogP contribution is -2.48. The fraction of sp³-hybridized carbons (Fsp3) is 0.833. The second-order valence-corrected chi connectivity index (χ2v) is 4.91. The molecule has 96 valence electrons. The van der Waals surface area contributed by atoms with E-state index in [9.17, 15) is 14.7 Å². The zero-order valence-electron chi connectivity index (χ0n) is 10.1. The number of piperidine rings is 2. The first-order valence-corrected chi connectivity index (χ1v) is 6.40. The maximum Gasteiger partial charge on any atom is 0.242 e. The van der Waals surface area contributed by atoms with Gasteiger partial charge in [-0.25, -0.2) is 0 Å². The fourth-order valence-electron chi connectivity index (χ4n) is 2.47. The third-order valence-electron chi connectivity index (χ3n) is 3.50. The minimum Gasteiger partial charge on any atom is -0.391 e. The second-order valence-electron chi connectivity index (χ2n) is 4.91. The van der Waals surface area contributed by atoms with Crippen LogP contribution in [0.5, 0.6) is 0 Å². The lowest BCUT2D eigenvalue weighted by molar-refractivity contribution is -0.143. The molecule has 2 saturated heterocycles. The van der Waals surface area contributed by atoms with E-state index in [1.165, 1.54) is 0 Å². The number of carbonyl (C=O) groups excluding carboxylic acids is 2. The van der Waals surface area contributed by atoms with E-state index in [1.807, 2.05) is 0 Å². The summed E-state index contributed by atoms with van der Waals surface area (Å²) in [7, 11) is 0. The van der Waals surface area contributed by atoms with Gasteiger partial charge < -0.3 is 14.9 Å². The number of hydrogen-bond donors (Lipinski definition) is 1. The van der Waals surface area contributed by atoms with Crippen molar-refractivity contribution >= 4 is 11.8 Å². The molecule has 2 heterocycles. The summed E-state index contributed by atoms with van der Waals surface area (Å²) in [6, 6.07) is 0. The summed E-state index contributed by atoms with van der Waals surface area (Å²) < 4.78 is 0. The van der Waals surface area contributed by atoms with Crippen molar-refractivity contribution in [3.05, 3.63) is 0 Å². The summed E-state index contributed by atoms with van der Waals surface area (Å²) in [5.41, 5.74) is 0. The van der Waals surface area contributed by atoms with Crippen molar-refractivity contribution in [1.82, 2.24) is 9.80 Å². The molecule has 0 aromatic carbocycles. The van der Waals surface area contributed by atoms with Gasteiger partial charge in [-0.3, -0.25) is 9.59 Å².